The summed E-state index contributed by atoms with van der Waals surface area (Å²) in [6, 6.07) is 15.9. The first-order valence-corrected chi connectivity index (χ1v) is 10.9. The fraction of sp³-hybridized carbons (Fsp3) is 0.150. The second kappa shape index (κ2) is 7.26. The van der Waals surface area contributed by atoms with Crippen LogP contribution in [0.5, 0.6) is 0 Å². The molecule has 0 fully saturated rings. The molecule has 1 aliphatic heterocycles. The van der Waals surface area contributed by atoms with E-state index >= 15 is 0 Å². The number of hydrogen-bond donors (Lipinski definition) is 1. The van der Waals surface area contributed by atoms with Gasteiger partial charge in [-0.1, -0.05) is 24.3 Å². The lowest BCUT2D eigenvalue weighted by atomic mass is 10.0. The number of sulfonamides is 1. The van der Waals surface area contributed by atoms with E-state index in [1.54, 1.807) is 41.8 Å². The number of hydrogen-bond acceptors (Lipinski definition) is 4. The van der Waals surface area contributed by atoms with E-state index in [0.29, 0.717) is 35.7 Å². The van der Waals surface area contributed by atoms with Crippen LogP contribution in [0, 0.1) is 0 Å². The quantitative estimate of drug-likeness (QED) is 0.728. The molecule has 2 heterocycles. The molecule has 1 aromatic heterocycles. The Balaban J connectivity index is 1.56. The molecule has 0 saturated heterocycles. The number of carbonyl (C=O) groups is 1. The van der Waals surface area contributed by atoms with Crippen LogP contribution >= 0.6 is 11.3 Å². The van der Waals surface area contributed by atoms with Crippen molar-refractivity contribution in [3.05, 3.63) is 82.0 Å². The third kappa shape index (κ3) is 3.66. The number of nitrogens with zero attached hydrogens (tertiary/aromatic N) is 1. The number of carbonyl (C=O) groups excluding carboxylic acids is 1. The molecule has 1 N–H and O–H groups in total. The average Bonchev–Trinajstić information content (AvgIpc) is 3.23. The summed E-state index contributed by atoms with van der Waals surface area (Å²) in [5, 5.41) is 6.53. The standard InChI is InChI=1S/C20H18N2O3S2/c23-20(16-9-11-26-14-16)21-18-7-6-15-8-10-22(13-17(15)12-18)27(24,25)19-4-2-1-3-5-19/h1-7,9,11-12,14H,8,10,13H2,(H,21,23). The Kier molecular flexibility index (Phi) is 4.82. The molecule has 0 bridgehead atoms. The van der Waals surface area contributed by atoms with Crippen LogP contribution in [0.15, 0.2) is 70.3 Å². The zero-order valence-corrected chi connectivity index (χ0v) is 16.1. The number of rotatable bonds is 4. The molecule has 3 aromatic rings. The SMILES string of the molecule is O=C(Nc1ccc2c(c1)CN(S(=O)(=O)c1ccccc1)CC2)c1ccsc1. The molecule has 27 heavy (non-hydrogen) atoms. The van der Waals surface area contributed by atoms with Crippen LogP contribution in [-0.4, -0.2) is 25.2 Å². The van der Waals surface area contributed by atoms with Crippen molar-refractivity contribution in [2.75, 3.05) is 11.9 Å². The summed E-state index contributed by atoms with van der Waals surface area (Å²) in [5.74, 6) is -0.166. The molecule has 4 rings (SSSR count). The third-order valence-corrected chi connectivity index (χ3v) is 7.15. The van der Waals surface area contributed by atoms with E-state index < -0.39 is 10.0 Å². The summed E-state index contributed by atoms with van der Waals surface area (Å²) in [7, 11) is -3.53. The minimum Gasteiger partial charge on any atom is -0.322 e. The molecule has 0 spiro atoms. The zero-order valence-electron chi connectivity index (χ0n) is 14.5. The Morgan fingerprint density at radius 1 is 1.04 bits per heavy atom. The monoisotopic (exact) mass is 398 g/mol. The second-order valence-electron chi connectivity index (χ2n) is 6.35. The topological polar surface area (TPSA) is 66.5 Å². The van der Waals surface area contributed by atoms with Gasteiger partial charge in [0.25, 0.3) is 5.91 Å². The molecular weight excluding hydrogens is 380 g/mol. The van der Waals surface area contributed by atoms with E-state index in [-0.39, 0.29) is 5.91 Å². The molecule has 0 saturated carbocycles. The number of anilines is 1. The average molecular weight is 399 g/mol. The van der Waals surface area contributed by atoms with Crippen molar-refractivity contribution in [1.29, 1.82) is 0 Å². The van der Waals surface area contributed by atoms with Crippen molar-refractivity contribution in [3.63, 3.8) is 0 Å². The maximum Gasteiger partial charge on any atom is 0.256 e. The summed E-state index contributed by atoms with van der Waals surface area (Å²) >= 11 is 1.47. The molecule has 0 atom stereocenters. The summed E-state index contributed by atoms with van der Waals surface area (Å²) in [5.41, 5.74) is 3.32. The van der Waals surface area contributed by atoms with E-state index in [9.17, 15) is 13.2 Å². The lowest BCUT2D eigenvalue weighted by Gasteiger charge is -2.28. The van der Waals surface area contributed by atoms with Gasteiger partial charge < -0.3 is 5.32 Å². The van der Waals surface area contributed by atoms with Gasteiger partial charge in [-0.25, -0.2) is 8.42 Å². The maximum atomic E-state index is 12.9. The zero-order chi connectivity index (χ0) is 18.9. The predicted molar refractivity (Wildman–Crippen MR) is 106 cm³/mol. The Hall–Kier alpha value is -2.48. The highest BCUT2D eigenvalue weighted by molar-refractivity contribution is 7.89. The highest BCUT2D eigenvalue weighted by Gasteiger charge is 2.28. The molecule has 0 aliphatic carbocycles. The fourth-order valence-corrected chi connectivity index (χ4v) is 5.23. The Morgan fingerprint density at radius 3 is 2.59 bits per heavy atom. The summed E-state index contributed by atoms with van der Waals surface area (Å²) < 4.78 is 27.2. The normalized spacial score (nSPS) is 14.5. The van der Waals surface area contributed by atoms with Crippen molar-refractivity contribution in [1.82, 2.24) is 4.31 Å². The van der Waals surface area contributed by atoms with Gasteiger partial charge in [0.2, 0.25) is 10.0 Å². The van der Waals surface area contributed by atoms with Crippen LogP contribution in [-0.2, 0) is 23.0 Å². The molecule has 2 aromatic carbocycles. The summed E-state index contributed by atoms with van der Waals surface area (Å²) in [6.45, 7) is 0.750. The molecule has 1 amide bonds. The third-order valence-electron chi connectivity index (χ3n) is 4.61. The molecule has 138 valence electrons. The van der Waals surface area contributed by atoms with Crippen molar-refractivity contribution in [3.8, 4) is 0 Å². The number of fused-ring (bicyclic) bond motifs is 1. The lowest BCUT2D eigenvalue weighted by Crippen LogP contribution is -2.36. The molecule has 5 nitrogen and oxygen atoms in total. The summed E-state index contributed by atoms with van der Waals surface area (Å²) in [4.78, 5) is 12.5. The van der Waals surface area contributed by atoms with Gasteiger partial charge in [-0.2, -0.15) is 15.6 Å². The lowest BCUT2D eigenvalue weighted by molar-refractivity contribution is 0.102. The first-order chi connectivity index (χ1) is 13.0. The molecule has 7 heteroatoms. The first-order valence-electron chi connectivity index (χ1n) is 8.54. The molecule has 1 aliphatic rings. The highest BCUT2D eigenvalue weighted by atomic mass is 32.2. The van der Waals surface area contributed by atoms with Gasteiger partial charge in [-0.05, 0) is 53.3 Å². The van der Waals surface area contributed by atoms with Crippen LogP contribution in [0.1, 0.15) is 21.5 Å². The fourth-order valence-electron chi connectivity index (χ4n) is 3.15. The van der Waals surface area contributed by atoms with Crippen molar-refractivity contribution >= 4 is 33.0 Å². The van der Waals surface area contributed by atoms with E-state index in [1.165, 1.54) is 15.6 Å². The van der Waals surface area contributed by atoms with Gasteiger partial charge in [0.05, 0.1) is 10.5 Å². The van der Waals surface area contributed by atoms with Crippen LogP contribution in [0.2, 0.25) is 0 Å². The van der Waals surface area contributed by atoms with Crippen LogP contribution in [0.4, 0.5) is 5.69 Å². The smallest absolute Gasteiger partial charge is 0.256 e. The van der Waals surface area contributed by atoms with Gasteiger partial charge >= 0.3 is 0 Å². The van der Waals surface area contributed by atoms with Crippen LogP contribution < -0.4 is 5.32 Å². The predicted octanol–water partition coefficient (Wildman–Crippen LogP) is 3.75. The molecular formula is C20H18N2O3S2. The van der Waals surface area contributed by atoms with Gasteiger partial charge in [-0.3, -0.25) is 4.79 Å². The maximum absolute atomic E-state index is 12.9. The number of thiophene rings is 1. The minimum absolute atomic E-state index is 0.166. The first kappa shape index (κ1) is 17.9. The Morgan fingerprint density at radius 2 is 1.85 bits per heavy atom. The van der Waals surface area contributed by atoms with Gasteiger partial charge in [0.15, 0.2) is 0 Å². The Labute approximate surface area is 162 Å². The minimum atomic E-state index is -3.53. The van der Waals surface area contributed by atoms with Gasteiger partial charge in [0, 0.05) is 24.2 Å². The summed E-state index contributed by atoms with van der Waals surface area (Å²) in [6.07, 6.45) is 0.653. The van der Waals surface area contributed by atoms with E-state index in [1.807, 2.05) is 23.6 Å². The molecule has 0 radical (unpaired) electrons. The van der Waals surface area contributed by atoms with E-state index in [2.05, 4.69) is 5.32 Å². The van der Waals surface area contributed by atoms with Crippen molar-refractivity contribution in [2.24, 2.45) is 0 Å². The largest absolute Gasteiger partial charge is 0.322 e. The van der Waals surface area contributed by atoms with E-state index in [4.69, 9.17) is 0 Å². The Bertz CT molecular complexity index is 1060. The van der Waals surface area contributed by atoms with Crippen LogP contribution in [0.3, 0.4) is 0 Å². The number of amides is 1. The van der Waals surface area contributed by atoms with Crippen LogP contribution in [0.25, 0.3) is 0 Å². The van der Waals surface area contributed by atoms with E-state index in [0.717, 1.165) is 11.1 Å². The van der Waals surface area contributed by atoms with Crippen molar-refractivity contribution < 1.29 is 13.2 Å². The highest BCUT2D eigenvalue weighted by Crippen LogP contribution is 2.27. The van der Waals surface area contributed by atoms with Gasteiger partial charge in [0.1, 0.15) is 0 Å². The van der Waals surface area contributed by atoms with Crippen molar-refractivity contribution in [2.45, 2.75) is 17.9 Å². The molecule has 0 unspecified atom stereocenters. The second-order valence-corrected chi connectivity index (χ2v) is 9.07. The number of benzene rings is 2. The van der Waals surface area contributed by atoms with Gasteiger partial charge in [-0.15, -0.1) is 0 Å². The number of nitrogens with one attached hydrogen (secondary N) is 1.